The molecule has 8 nitrogen and oxygen atoms in total. The quantitative estimate of drug-likeness (QED) is 0.422. The molecule has 0 heterocycles. The van der Waals surface area contributed by atoms with Crippen molar-refractivity contribution in [1.82, 2.24) is 0 Å². The number of benzene rings is 2. The fourth-order valence-electron chi connectivity index (χ4n) is 2.49. The Labute approximate surface area is 182 Å². The standard InChI is InChI=1S/C21H21BrN2O6/c1-13(25)23-16-7-9-19(29-2)17(11-16)24-20(27)12-30-21(28)10-8-18(26)14-3-5-15(22)6-4-14/h3-7,9,11H,8,10,12H2,1-2H3,(H,23,25)(H,24,27). The molecule has 2 N–H and O–H groups in total. The third kappa shape index (κ3) is 7.32. The minimum Gasteiger partial charge on any atom is -0.495 e. The molecular weight excluding hydrogens is 456 g/mol. The lowest BCUT2D eigenvalue weighted by atomic mass is 10.1. The highest BCUT2D eigenvalue weighted by molar-refractivity contribution is 9.10. The lowest BCUT2D eigenvalue weighted by Gasteiger charge is -2.12. The number of carbonyl (C=O) groups is 4. The van der Waals surface area contributed by atoms with Gasteiger partial charge in [0.2, 0.25) is 5.91 Å². The molecular formula is C21H21BrN2O6. The Hall–Kier alpha value is -3.20. The Morgan fingerprint density at radius 3 is 2.30 bits per heavy atom. The Morgan fingerprint density at radius 1 is 0.967 bits per heavy atom. The highest BCUT2D eigenvalue weighted by Crippen LogP contribution is 2.27. The van der Waals surface area contributed by atoms with Crippen molar-refractivity contribution in [2.75, 3.05) is 24.4 Å². The Kier molecular flexibility index (Phi) is 8.54. The predicted octanol–water partition coefficient (Wildman–Crippen LogP) is 3.56. The molecule has 2 aromatic rings. The maximum absolute atomic E-state index is 12.1. The van der Waals surface area contributed by atoms with Crippen molar-refractivity contribution in [2.24, 2.45) is 0 Å². The molecule has 158 valence electrons. The van der Waals surface area contributed by atoms with Crippen LogP contribution in [0.2, 0.25) is 0 Å². The molecule has 30 heavy (non-hydrogen) atoms. The number of amides is 2. The molecule has 2 aromatic carbocycles. The third-order valence-electron chi connectivity index (χ3n) is 3.88. The first-order valence-electron chi connectivity index (χ1n) is 8.98. The number of halogens is 1. The molecule has 0 saturated heterocycles. The number of ether oxygens (including phenoxy) is 2. The Morgan fingerprint density at radius 2 is 1.67 bits per heavy atom. The lowest BCUT2D eigenvalue weighted by Crippen LogP contribution is -2.21. The van der Waals surface area contributed by atoms with Gasteiger partial charge in [0.05, 0.1) is 19.2 Å². The molecule has 0 saturated carbocycles. The summed E-state index contributed by atoms with van der Waals surface area (Å²) in [6.45, 7) is 0.849. The zero-order chi connectivity index (χ0) is 22.1. The van der Waals surface area contributed by atoms with Crippen LogP contribution in [0.1, 0.15) is 30.1 Å². The highest BCUT2D eigenvalue weighted by atomic mass is 79.9. The molecule has 2 amide bonds. The van der Waals surface area contributed by atoms with E-state index in [1.54, 1.807) is 36.4 Å². The molecule has 0 aliphatic carbocycles. The van der Waals surface area contributed by atoms with Crippen LogP contribution in [0.3, 0.4) is 0 Å². The Bertz CT molecular complexity index is 943. The van der Waals surface area contributed by atoms with Crippen LogP contribution in [0.25, 0.3) is 0 Å². The second-order valence-electron chi connectivity index (χ2n) is 6.24. The maximum Gasteiger partial charge on any atom is 0.306 e. The van der Waals surface area contributed by atoms with Gasteiger partial charge in [0.25, 0.3) is 5.91 Å². The van der Waals surface area contributed by atoms with Gasteiger partial charge in [-0.2, -0.15) is 0 Å². The smallest absolute Gasteiger partial charge is 0.306 e. The van der Waals surface area contributed by atoms with Crippen molar-refractivity contribution in [1.29, 1.82) is 0 Å². The van der Waals surface area contributed by atoms with Gasteiger partial charge in [-0.05, 0) is 30.3 Å². The largest absolute Gasteiger partial charge is 0.495 e. The van der Waals surface area contributed by atoms with Crippen molar-refractivity contribution in [3.8, 4) is 5.75 Å². The molecule has 0 aromatic heterocycles. The van der Waals surface area contributed by atoms with Gasteiger partial charge in [-0.3, -0.25) is 19.2 Å². The van der Waals surface area contributed by atoms with Gasteiger partial charge in [0, 0.05) is 29.1 Å². The summed E-state index contributed by atoms with van der Waals surface area (Å²) in [5.41, 5.74) is 1.28. The van der Waals surface area contributed by atoms with Crippen LogP contribution in [-0.2, 0) is 19.1 Å². The van der Waals surface area contributed by atoms with E-state index >= 15 is 0 Å². The van der Waals surface area contributed by atoms with Gasteiger partial charge < -0.3 is 20.1 Å². The zero-order valence-electron chi connectivity index (χ0n) is 16.5. The first-order chi connectivity index (χ1) is 14.3. The van der Waals surface area contributed by atoms with Crippen LogP contribution in [0.15, 0.2) is 46.9 Å². The summed E-state index contributed by atoms with van der Waals surface area (Å²) in [6, 6.07) is 11.5. The molecule has 9 heteroatoms. The van der Waals surface area contributed by atoms with Crippen LogP contribution in [-0.4, -0.2) is 37.3 Å². The summed E-state index contributed by atoms with van der Waals surface area (Å²) in [5, 5.41) is 5.16. The number of rotatable bonds is 9. The Balaban J connectivity index is 1.83. The number of hydrogen-bond acceptors (Lipinski definition) is 6. The van der Waals surface area contributed by atoms with Gasteiger partial charge in [0.15, 0.2) is 12.4 Å². The minimum absolute atomic E-state index is 0.0192. The molecule has 0 atom stereocenters. The summed E-state index contributed by atoms with van der Waals surface area (Å²) in [4.78, 5) is 47.2. The third-order valence-corrected chi connectivity index (χ3v) is 4.41. The van der Waals surface area contributed by atoms with E-state index in [1.165, 1.54) is 20.1 Å². The minimum atomic E-state index is -0.658. The predicted molar refractivity (Wildman–Crippen MR) is 115 cm³/mol. The van der Waals surface area contributed by atoms with E-state index in [2.05, 4.69) is 26.6 Å². The zero-order valence-corrected chi connectivity index (χ0v) is 18.1. The molecule has 0 radical (unpaired) electrons. The molecule has 0 spiro atoms. The summed E-state index contributed by atoms with van der Waals surface area (Å²) in [6.07, 6.45) is -0.155. The van der Waals surface area contributed by atoms with E-state index in [4.69, 9.17) is 9.47 Å². The van der Waals surface area contributed by atoms with Crippen LogP contribution >= 0.6 is 15.9 Å². The molecule has 2 rings (SSSR count). The highest BCUT2D eigenvalue weighted by Gasteiger charge is 2.14. The molecule has 0 aliphatic rings. The fraction of sp³-hybridized carbons (Fsp3) is 0.238. The van der Waals surface area contributed by atoms with Crippen LogP contribution < -0.4 is 15.4 Å². The average molecular weight is 477 g/mol. The van der Waals surface area contributed by atoms with Crippen LogP contribution in [0.5, 0.6) is 5.75 Å². The molecule has 0 aliphatic heterocycles. The summed E-state index contributed by atoms with van der Waals surface area (Å²) in [5.74, 6) is -1.31. The first-order valence-corrected chi connectivity index (χ1v) is 9.77. The summed E-state index contributed by atoms with van der Waals surface area (Å²) in [7, 11) is 1.44. The summed E-state index contributed by atoms with van der Waals surface area (Å²) >= 11 is 3.29. The first kappa shape index (κ1) is 23.1. The number of nitrogens with one attached hydrogen (secondary N) is 2. The second kappa shape index (κ2) is 11.1. The number of esters is 1. The topological polar surface area (TPSA) is 111 Å². The van der Waals surface area contributed by atoms with Crippen molar-refractivity contribution in [3.05, 3.63) is 52.5 Å². The van der Waals surface area contributed by atoms with Crippen molar-refractivity contribution in [2.45, 2.75) is 19.8 Å². The molecule has 0 fully saturated rings. The van der Waals surface area contributed by atoms with Crippen LogP contribution in [0.4, 0.5) is 11.4 Å². The van der Waals surface area contributed by atoms with Gasteiger partial charge in [0.1, 0.15) is 5.75 Å². The number of ketones is 1. The average Bonchev–Trinajstić information content (AvgIpc) is 2.71. The van der Waals surface area contributed by atoms with E-state index in [1.807, 2.05) is 0 Å². The lowest BCUT2D eigenvalue weighted by molar-refractivity contribution is -0.147. The molecule has 0 bridgehead atoms. The van der Waals surface area contributed by atoms with E-state index < -0.39 is 18.5 Å². The molecule has 0 unspecified atom stereocenters. The van der Waals surface area contributed by atoms with Crippen molar-refractivity contribution in [3.63, 3.8) is 0 Å². The number of carbonyl (C=O) groups excluding carboxylic acids is 4. The number of anilines is 2. The van der Waals surface area contributed by atoms with E-state index in [9.17, 15) is 19.2 Å². The normalized spacial score (nSPS) is 10.1. The number of hydrogen-bond donors (Lipinski definition) is 2. The van der Waals surface area contributed by atoms with Gasteiger partial charge >= 0.3 is 5.97 Å². The van der Waals surface area contributed by atoms with Gasteiger partial charge in [-0.25, -0.2) is 0 Å². The van der Waals surface area contributed by atoms with Crippen molar-refractivity contribution < 1.29 is 28.7 Å². The monoisotopic (exact) mass is 476 g/mol. The van der Waals surface area contributed by atoms with Gasteiger partial charge in [-0.1, -0.05) is 28.1 Å². The van der Waals surface area contributed by atoms with Crippen molar-refractivity contribution >= 4 is 50.9 Å². The van der Waals surface area contributed by atoms with Crippen LogP contribution in [0, 0.1) is 0 Å². The van der Waals surface area contributed by atoms with Gasteiger partial charge in [-0.15, -0.1) is 0 Å². The number of Topliss-reactive ketones (excluding diaryl/α,β-unsaturated/α-hetero) is 1. The SMILES string of the molecule is COc1ccc(NC(C)=O)cc1NC(=O)COC(=O)CCC(=O)c1ccc(Br)cc1. The van der Waals surface area contributed by atoms with E-state index in [0.29, 0.717) is 22.7 Å². The summed E-state index contributed by atoms with van der Waals surface area (Å²) < 4.78 is 10.9. The van der Waals surface area contributed by atoms with E-state index in [-0.39, 0.29) is 24.5 Å². The second-order valence-corrected chi connectivity index (χ2v) is 7.15. The maximum atomic E-state index is 12.1. The fourth-order valence-corrected chi connectivity index (χ4v) is 2.75. The number of methoxy groups -OCH3 is 1. The van der Waals surface area contributed by atoms with E-state index in [0.717, 1.165) is 4.47 Å².